The average molecular weight is 279 g/mol. The Bertz CT molecular complexity index is 445. The number of aliphatic hydroxyl groups excluding tert-OH is 1. The SMILES string of the molecule is CCCNC(CO)(CN1CCn2cnnc2C1)C1CC1. The molecule has 1 aliphatic carbocycles. The third-order valence-corrected chi connectivity index (χ3v) is 4.59. The monoisotopic (exact) mass is 279 g/mol. The molecule has 6 nitrogen and oxygen atoms in total. The van der Waals surface area contributed by atoms with Gasteiger partial charge in [-0.2, -0.15) is 0 Å². The van der Waals surface area contributed by atoms with Crippen LogP contribution in [-0.4, -0.2) is 56.6 Å². The molecule has 1 fully saturated rings. The first-order valence-corrected chi connectivity index (χ1v) is 7.72. The second-order valence-corrected chi connectivity index (χ2v) is 6.17. The zero-order valence-electron chi connectivity index (χ0n) is 12.3. The summed E-state index contributed by atoms with van der Waals surface area (Å²) in [6.07, 6.45) is 5.38. The molecule has 1 aliphatic heterocycles. The zero-order chi connectivity index (χ0) is 14.0. The molecule has 2 aliphatic rings. The fraction of sp³-hybridized carbons (Fsp3) is 0.857. The van der Waals surface area contributed by atoms with Crippen molar-refractivity contribution in [3.8, 4) is 0 Å². The lowest BCUT2D eigenvalue weighted by atomic mass is 9.92. The third kappa shape index (κ3) is 2.73. The standard InChI is InChI=1S/C14H25N5O/c1-2-5-15-14(10-20,12-3-4-12)9-18-6-7-19-11-16-17-13(19)8-18/h11-12,15,20H,2-10H2,1H3. The largest absolute Gasteiger partial charge is 0.394 e. The number of rotatable bonds is 7. The zero-order valence-corrected chi connectivity index (χ0v) is 12.3. The second-order valence-electron chi connectivity index (χ2n) is 6.17. The summed E-state index contributed by atoms with van der Waals surface area (Å²) in [4.78, 5) is 2.40. The first kappa shape index (κ1) is 14.0. The first-order chi connectivity index (χ1) is 9.77. The number of aliphatic hydroxyl groups is 1. The van der Waals surface area contributed by atoms with Crippen molar-refractivity contribution in [2.75, 3.05) is 26.2 Å². The summed E-state index contributed by atoms with van der Waals surface area (Å²) in [6, 6.07) is 0. The van der Waals surface area contributed by atoms with E-state index in [1.165, 1.54) is 12.8 Å². The van der Waals surface area contributed by atoms with Crippen LogP contribution in [-0.2, 0) is 13.1 Å². The van der Waals surface area contributed by atoms with Crippen LogP contribution in [0, 0.1) is 5.92 Å². The molecule has 0 spiro atoms. The van der Waals surface area contributed by atoms with Gasteiger partial charge >= 0.3 is 0 Å². The van der Waals surface area contributed by atoms with Crippen molar-refractivity contribution in [1.82, 2.24) is 25.0 Å². The lowest BCUT2D eigenvalue weighted by Gasteiger charge is -2.39. The van der Waals surface area contributed by atoms with E-state index >= 15 is 0 Å². The van der Waals surface area contributed by atoms with E-state index in [-0.39, 0.29) is 12.1 Å². The molecule has 2 heterocycles. The van der Waals surface area contributed by atoms with Crippen LogP contribution in [0.4, 0.5) is 0 Å². The predicted octanol–water partition coefficient (Wildman–Crippen LogP) is 0.234. The molecule has 2 N–H and O–H groups in total. The van der Waals surface area contributed by atoms with E-state index in [9.17, 15) is 5.11 Å². The highest BCUT2D eigenvalue weighted by molar-refractivity contribution is 5.04. The van der Waals surface area contributed by atoms with Crippen LogP contribution in [0.25, 0.3) is 0 Å². The van der Waals surface area contributed by atoms with Gasteiger partial charge in [0, 0.05) is 19.6 Å². The number of nitrogens with one attached hydrogen (secondary N) is 1. The van der Waals surface area contributed by atoms with E-state index in [1.54, 1.807) is 0 Å². The summed E-state index contributed by atoms with van der Waals surface area (Å²) in [5.74, 6) is 1.66. The van der Waals surface area contributed by atoms with Crippen molar-refractivity contribution in [3.63, 3.8) is 0 Å². The van der Waals surface area contributed by atoms with Crippen LogP contribution >= 0.6 is 0 Å². The van der Waals surface area contributed by atoms with Gasteiger partial charge < -0.3 is 15.0 Å². The topological polar surface area (TPSA) is 66.2 Å². The third-order valence-electron chi connectivity index (χ3n) is 4.59. The normalized spacial score (nSPS) is 22.5. The highest BCUT2D eigenvalue weighted by Crippen LogP contribution is 2.40. The maximum absolute atomic E-state index is 9.98. The minimum Gasteiger partial charge on any atom is -0.394 e. The average Bonchev–Trinajstić information content (AvgIpc) is 3.22. The molecule has 3 rings (SSSR count). The molecule has 0 saturated heterocycles. The molecule has 0 radical (unpaired) electrons. The molecular formula is C14H25N5O. The van der Waals surface area contributed by atoms with Gasteiger partial charge in [0.25, 0.3) is 0 Å². The molecule has 1 aromatic rings. The van der Waals surface area contributed by atoms with E-state index < -0.39 is 0 Å². The van der Waals surface area contributed by atoms with Crippen molar-refractivity contribution in [3.05, 3.63) is 12.2 Å². The Kier molecular flexibility index (Phi) is 4.05. The Morgan fingerprint density at radius 3 is 3.00 bits per heavy atom. The highest BCUT2D eigenvalue weighted by Gasteiger charge is 2.45. The smallest absolute Gasteiger partial charge is 0.147 e. The van der Waals surface area contributed by atoms with Gasteiger partial charge in [-0.15, -0.1) is 10.2 Å². The first-order valence-electron chi connectivity index (χ1n) is 7.72. The van der Waals surface area contributed by atoms with Gasteiger partial charge in [0.05, 0.1) is 18.7 Å². The van der Waals surface area contributed by atoms with Crippen molar-refractivity contribution in [2.24, 2.45) is 5.92 Å². The molecule has 0 bridgehead atoms. The number of fused-ring (bicyclic) bond motifs is 1. The van der Waals surface area contributed by atoms with Crippen LogP contribution in [0.1, 0.15) is 32.0 Å². The van der Waals surface area contributed by atoms with Gasteiger partial charge in [0.2, 0.25) is 0 Å². The Hall–Kier alpha value is -0.980. The van der Waals surface area contributed by atoms with Gasteiger partial charge in [-0.05, 0) is 31.7 Å². The van der Waals surface area contributed by atoms with E-state index in [0.717, 1.165) is 45.0 Å². The molecular weight excluding hydrogens is 254 g/mol. The molecule has 0 aromatic carbocycles. The Morgan fingerprint density at radius 1 is 1.45 bits per heavy atom. The Morgan fingerprint density at radius 2 is 2.30 bits per heavy atom. The van der Waals surface area contributed by atoms with Crippen LogP contribution in [0.5, 0.6) is 0 Å². The van der Waals surface area contributed by atoms with Crippen LogP contribution in [0.2, 0.25) is 0 Å². The molecule has 1 saturated carbocycles. The molecule has 20 heavy (non-hydrogen) atoms. The van der Waals surface area contributed by atoms with Crippen molar-refractivity contribution >= 4 is 0 Å². The Labute approximate surface area is 120 Å². The maximum Gasteiger partial charge on any atom is 0.147 e. The van der Waals surface area contributed by atoms with Crippen LogP contribution in [0.3, 0.4) is 0 Å². The van der Waals surface area contributed by atoms with Gasteiger partial charge in [0.15, 0.2) is 0 Å². The minimum absolute atomic E-state index is 0.127. The van der Waals surface area contributed by atoms with Crippen molar-refractivity contribution in [1.29, 1.82) is 0 Å². The lowest BCUT2D eigenvalue weighted by Crippen LogP contribution is -2.59. The van der Waals surface area contributed by atoms with E-state index in [0.29, 0.717) is 5.92 Å². The number of hydrogen-bond donors (Lipinski definition) is 2. The summed E-state index contributed by atoms with van der Waals surface area (Å²) >= 11 is 0. The minimum atomic E-state index is -0.127. The van der Waals surface area contributed by atoms with E-state index in [1.807, 2.05) is 6.33 Å². The molecule has 1 atom stereocenters. The summed E-state index contributed by atoms with van der Waals surface area (Å²) < 4.78 is 2.12. The van der Waals surface area contributed by atoms with Gasteiger partial charge in [-0.25, -0.2) is 0 Å². The summed E-state index contributed by atoms with van der Waals surface area (Å²) in [7, 11) is 0. The lowest BCUT2D eigenvalue weighted by molar-refractivity contribution is 0.0774. The van der Waals surface area contributed by atoms with Crippen molar-refractivity contribution in [2.45, 2.75) is 44.8 Å². The van der Waals surface area contributed by atoms with Gasteiger partial charge in [0.1, 0.15) is 12.2 Å². The molecule has 0 amide bonds. The molecule has 112 valence electrons. The van der Waals surface area contributed by atoms with Crippen molar-refractivity contribution < 1.29 is 5.11 Å². The summed E-state index contributed by atoms with van der Waals surface area (Å²) in [5.41, 5.74) is -0.127. The molecule has 6 heteroatoms. The molecule has 1 unspecified atom stereocenters. The number of hydrogen-bond acceptors (Lipinski definition) is 5. The second kappa shape index (κ2) is 5.79. The summed E-state index contributed by atoms with van der Waals surface area (Å²) in [5, 5.41) is 21.7. The maximum atomic E-state index is 9.98. The van der Waals surface area contributed by atoms with E-state index in [2.05, 4.69) is 31.9 Å². The van der Waals surface area contributed by atoms with Crippen LogP contribution < -0.4 is 5.32 Å². The Balaban J connectivity index is 1.67. The highest BCUT2D eigenvalue weighted by atomic mass is 16.3. The fourth-order valence-corrected chi connectivity index (χ4v) is 3.22. The van der Waals surface area contributed by atoms with Gasteiger partial charge in [-0.3, -0.25) is 4.90 Å². The van der Waals surface area contributed by atoms with Crippen LogP contribution in [0.15, 0.2) is 6.33 Å². The van der Waals surface area contributed by atoms with E-state index in [4.69, 9.17) is 0 Å². The summed E-state index contributed by atoms with van der Waals surface area (Å²) in [6.45, 7) is 7.06. The number of aromatic nitrogens is 3. The predicted molar refractivity (Wildman–Crippen MR) is 76.1 cm³/mol. The van der Waals surface area contributed by atoms with Gasteiger partial charge in [-0.1, -0.05) is 6.92 Å². The fourth-order valence-electron chi connectivity index (χ4n) is 3.22. The number of nitrogens with zero attached hydrogens (tertiary/aromatic N) is 4. The quantitative estimate of drug-likeness (QED) is 0.748. The molecule has 1 aromatic heterocycles.